The molecule has 1 amide bonds. The van der Waals surface area contributed by atoms with Crippen LogP contribution in [0, 0.1) is 0 Å². The van der Waals surface area contributed by atoms with E-state index in [4.69, 9.17) is 10.2 Å². The summed E-state index contributed by atoms with van der Waals surface area (Å²) in [5.74, 6) is 0.670. The fraction of sp³-hybridized carbons (Fsp3) is 0.692. The summed E-state index contributed by atoms with van der Waals surface area (Å²) in [6.45, 7) is 0.476. The second-order valence-corrected chi connectivity index (χ2v) is 4.82. The van der Waals surface area contributed by atoms with Gasteiger partial charge in [0.2, 0.25) is 5.76 Å². The number of oxazole rings is 1. The van der Waals surface area contributed by atoms with Crippen molar-refractivity contribution in [3.63, 3.8) is 0 Å². The lowest BCUT2D eigenvalue weighted by atomic mass is 10.1. The van der Waals surface area contributed by atoms with Crippen molar-refractivity contribution < 1.29 is 9.21 Å². The molecule has 1 aromatic heterocycles. The molecule has 0 unspecified atom stereocenters. The van der Waals surface area contributed by atoms with Gasteiger partial charge in [0.05, 0.1) is 6.20 Å². The largest absolute Gasteiger partial charge is 0.436 e. The highest BCUT2D eigenvalue weighted by Gasteiger charge is 2.18. The van der Waals surface area contributed by atoms with Gasteiger partial charge in [0, 0.05) is 19.0 Å². The number of rotatable bonds is 4. The molecule has 5 nitrogen and oxygen atoms in total. The normalized spacial score (nSPS) is 17.4. The summed E-state index contributed by atoms with van der Waals surface area (Å²) in [6.07, 6.45) is 9.11. The van der Waals surface area contributed by atoms with E-state index in [9.17, 15) is 4.79 Å². The molecular weight excluding hydrogens is 230 g/mol. The molecule has 0 spiro atoms. The van der Waals surface area contributed by atoms with E-state index in [1.165, 1.54) is 31.9 Å². The summed E-state index contributed by atoms with van der Waals surface area (Å²) in [5, 5.41) is 3.03. The van der Waals surface area contributed by atoms with Crippen LogP contribution in [-0.2, 0) is 6.42 Å². The Labute approximate surface area is 107 Å². The van der Waals surface area contributed by atoms with Crippen LogP contribution < -0.4 is 11.1 Å². The number of hydrogen-bond acceptors (Lipinski definition) is 4. The Morgan fingerprint density at radius 1 is 1.39 bits per heavy atom. The van der Waals surface area contributed by atoms with Gasteiger partial charge in [-0.05, 0) is 12.8 Å². The molecule has 0 radical (unpaired) electrons. The van der Waals surface area contributed by atoms with Crippen LogP contribution in [-0.4, -0.2) is 23.5 Å². The number of carbonyl (C=O) groups is 1. The zero-order valence-electron chi connectivity index (χ0n) is 10.7. The molecule has 1 aliphatic carbocycles. The van der Waals surface area contributed by atoms with Crippen molar-refractivity contribution in [1.82, 2.24) is 10.3 Å². The zero-order valence-corrected chi connectivity index (χ0v) is 10.7. The van der Waals surface area contributed by atoms with E-state index in [-0.39, 0.29) is 11.9 Å². The van der Waals surface area contributed by atoms with Crippen LogP contribution in [0.25, 0.3) is 0 Å². The van der Waals surface area contributed by atoms with Gasteiger partial charge in [-0.15, -0.1) is 0 Å². The van der Waals surface area contributed by atoms with Gasteiger partial charge in [-0.1, -0.05) is 25.7 Å². The van der Waals surface area contributed by atoms with Gasteiger partial charge in [-0.25, -0.2) is 4.98 Å². The fourth-order valence-electron chi connectivity index (χ4n) is 2.33. The van der Waals surface area contributed by atoms with E-state index < -0.39 is 0 Å². The first kappa shape index (κ1) is 13.1. The fourth-order valence-corrected chi connectivity index (χ4v) is 2.33. The predicted octanol–water partition coefficient (Wildman–Crippen LogP) is 1.63. The van der Waals surface area contributed by atoms with Crippen LogP contribution in [0.3, 0.4) is 0 Å². The first-order chi connectivity index (χ1) is 8.79. The molecule has 3 N–H and O–H groups in total. The van der Waals surface area contributed by atoms with Gasteiger partial charge < -0.3 is 15.5 Å². The molecule has 0 bridgehead atoms. The van der Waals surface area contributed by atoms with Crippen molar-refractivity contribution in [2.75, 3.05) is 6.54 Å². The summed E-state index contributed by atoms with van der Waals surface area (Å²) in [5.41, 5.74) is 5.41. The summed E-state index contributed by atoms with van der Waals surface area (Å²) in [7, 11) is 0. The Kier molecular flexibility index (Phi) is 4.75. The molecule has 1 saturated carbocycles. The van der Waals surface area contributed by atoms with Gasteiger partial charge in [0.25, 0.3) is 5.91 Å². The second kappa shape index (κ2) is 6.54. The van der Waals surface area contributed by atoms with Crippen LogP contribution in [0.15, 0.2) is 10.6 Å². The van der Waals surface area contributed by atoms with Crippen molar-refractivity contribution in [3.05, 3.63) is 17.8 Å². The number of carbonyl (C=O) groups excluding carboxylic acids is 1. The van der Waals surface area contributed by atoms with Crippen LogP contribution in [0.5, 0.6) is 0 Å². The monoisotopic (exact) mass is 251 g/mol. The topological polar surface area (TPSA) is 81.1 Å². The number of amides is 1. The van der Waals surface area contributed by atoms with E-state index in [1.54, 1.807) is 0 Å². The van der Waals surface area contributed by atoms with Crippen molar-refractivity contribution in [2.24, 2.45) is 5.73 Å². The Morgan fingerprint density at radius 3 is 2.78 bits per heavy atom. The van der Waals surface area contributed by atoms with E-state index in [0.717, 1.165) is 12.8 Å². The third-order valence-corrected chi connectivity index (χ3v) is 3.33. The Balaban J connectivity index is 1.89. The maximum absolute atomic E-state index is 12.0. The number of aromatic nitrogens is 1. The van der Waals surface area contributed by atoms with Gasteiger partial charge in [0.15, 0.2) is 5.89 Å². The maximum atomic E-state index is 12.0. The summed E-state index contributed by atoms with van der Waals surface area (Å²) in [6, 6.07) is 0.281. The number of nitrogens with two attached hydrogens (primary N) is 1. The predicted molar refractivity (Wildman–Crippen MR) is 68.2 cm³/mol. The SMILES string of the molecule is NCCc1ncc(C(=O)NC2CCCCCC2)o1. The molecule has 18 heavy (non-hydrogen) atoms. The Bertz CT molecular complexity index is 381. The van der Waals surface area contributed by atoms with Crippen LogP contribution >= 0.6 is 0 Å². The first-order valence-electron chi connectivity index (χ1n) is 6.75. The molecule has 5 heteroatoms. The molecule has 2 rings (SSSR count). The molecule has 0 atom stereocenters. The molecular formula is C13H21N3O2. The molecule has 1 aliphatic rings. The average molecular weight is 251 g/mol. The Morgan fingerprint density at radius 2 is 2.11 bits per heavy atom. The van der Waals surface area contributed by atoms with Crippen molar-refractivity contribution in [2.45, 2.75) is 51.0 Å². The highest BCUT2D eigenvalue weighted by atomic mass is 16.4. The minimum Gasteiger partial charge on any atom is -0.436 e. The highest BCUT2D eigenvalue weighted by Crippen LogP contribution is 2.17. The van der Waals surface area contributed by atoms with Crippen molar-refractivity contribution in [3.8, 4) is 0 Å². The standard InChI is InChI=1S/C13H21N3O2/c14-8-7-12-15-9-11(18-12)13(17)16-10-5-3-1-2-4-6-10/h9-10H,1-8,14H2,(H,16,17). The lowest BCUT2D eigenvalue weighted by molar-refractivity contribution is 0.0903. The second-order valence-electron chi connectivity index (χ2n) is 4.82. The first-order valence-corrected chi connectivity index (χ1v) is 6.75. The average Bonchev–Trinajstić information content (AvgIpc) is 2.67. The third-order valence-electron chi connectivity index (χ3n) is 3.33. The van der Waals surface area contributed by atoms with Gasteiger partial charge >= 0.3 is 0 Å². The summed E-state index contributed by atoms with van der Waals surface area (Å²) >= 11 is 0. The maximum Gasteiger partial charge on any atom is 0.288 e. The lowest BCUT2D eigenvalue weighted by Gasteiger charge is -2.14. The van der Waals surface area contributed by atoms with E-state index >= 15 is 0 Å². The third kappa shape index (κ3) is 3.57. The van der Waals surface area contributed by atoms with Gasteiger partial charge in [0.1, 0.15) is 0 Å². The molecule has 0 aromatic carbocycles. The zero-order chi connectivity index (χ0) is 12.8. The minimum atomic E-state index is -0.155. The van der Waals surface area contributed by atoms with E-state index in [0.29, 0.717) is 24.6 Å². The number of nitrogens with one attached hydrogen (secondary N) is 1. The summed E-state index contributed by atoms with van der Waals surface area (Å²) < 4.78 is 5.36. The van der Waals surface area contributed by atoms with Crippen LogP contribution in [0.4, 0.5) is 0 Å². The minimum absolute atomic E-state index is 0.155. The van der Waals surface area contributed by atoms with E-state index in [2.05, 4.69) is 10.3 Å². The molecule has 1 fully saturated rings. The Hall–Kier alpha value is -1.36. The lowest BCUT2D eigenvalue weighted by Crippen LogP contribution is -2.34. The molecule has 0 aliphatic heterocycles. The number of nitrogens with zero attached hydrogens (tertiary/aromatic N) is 1. The molecule has 1 aromatic rings. The molecule has 0 saturated heterocycles. The van der Waals surface area contributed by atoms with Gasteiger partial charge in [-0.3, -0.25) is 4.79 Å². The quantitative estimate of drug-likeness (QED) is 0.797. The smallest absolute Gasteiger partial charge is 0.288 e. The molecule has 1 heterocycles. The van der Waals surface area contributed by atoms with Crippen LogP contribution in [0.2, 0.25) is 0 Å². The van der Waals surface area contributed by atoms with Crippen LogP contribution in [0.1, 0.15) is 55.0 Å². The summed E-state index contributed by atoms with van der Waals surface area (Å²) in [4.78, 5) is 16.0. The van der Waals surface area contributed by atoms with Gasteiger partial charge in [-0.2, -0.15) is 0 Å². The van der Waals surface area contributed by atoms with Crippen molar-refractivity contribution in [1.29, 1.82) is 0 Å². The molecule has 100 valence electrons. The highest BCUT2D eigenvalue weighted by molar-refractivity contribution is 5.91. The number of hydrogen-bond donors (Lipinski definition) is 2. The van der Waals surface area contributed by atoms with Crippen molar-refractivity contribution >= 4 is 5.91 Å². The van der Waals surface area contributed by atoms with E-state index in [1.807, 2.05) is 0 Å².